The Morgan fingerprint density at radius 3 is 2.73 bits per heavy atom. The van der Waals surface area contributed by atoms with Crippen molar-refractivity contribution in [2.24, 2.45) is 5.92 Å². The molecule has 1 spiro atoms. The fourth-order valence-corrected chi connectivity index (χ4v) is 5.32. The second kappa shape index (κ2) is 4.53. The Bertz CT molecular complexity index is 792. The largest absolute Gasteiger partial charge is 0.312 e. The van der Waals surface area contributed by atoms with Crippen LogP contribution in [0.4, 0.5) is 11.4 Å². The highest BCUT2D eigenvalue weighted by atomic mass is 32.2. The fraction of sp³-hybridized carbons (Fsp3) is 0.200. The zero-order chi connectivity index (χ0) is 14.6. The maximum atomic E-state index is 2.48. The lowest BCUT2D eigenvalue weighted by molar-refractivity contribution is 0.908. The molecule has 2 atom stereocenters. The van der Waals surface area contributed by atoms with Crippen molar-refractivity contribution in [3.8, 4) is 0 Å². The summed E-state index contributed by atoms with van der Waals surface area (Å²) in [6.45, 7) is 0. The van der Waals surface area contributed by atoms with Crippen molar-refractivity contribution in [1.29, 1.82) is 0 Å². The molecule has 1 aliphatic heterocycles. The Labute approximate surface area is 135 Å². The highest BCUT2D eigenvalue weighted by Crippen LogP contribution is 2.68. The summed E-state index contributed by atoms with van der Waals surface area (Å²) in [6.07, 6.45) is 9.49. The molecule has 5 rings (SSSR count). The van der Waals surface area contributed by atoms with Crippen LogP contribution in [-0.4, -0.2) is 4.75 Å². The first-order chi connectivity index (χ1) is 10.9. The average Bonchev–Trinajstić information content (AvgIpc) is 3.26. The van der Waals surface area contributed by atoms with Gasteiger partial charge < -0.3 is 4.90 Å². The second-order valence-corrected chi connectivity index (χ2v) is 7.57. The molecule has 0 radical (unpaired) electrons. The van der Waals surface area contributed by atoms with Crippen LogP contribution in [0.1, 0.15) is 12.8 Å². The van der Waals surface area contributed by atoms with Crippen LogP contribution in [0.3, 0.4) is 0 Å². The molecule has 2 heteroatoms. The summed E-state index contributed by atoms with van der Waals surface area (Å²) in [4.78, 5) is 3.89. The highest BCUT2D eigenvalue weighted by molar-refractivity contribution is 8.01. The van der Waals surface area contributed by atoms with Crippen molar-refractivity contribution in [3.05, 3.63) is 78.5 Å². The summed E-state index contributed by atoms with van der Waals surface area (Å²) in [5.41, 5.74) is 4.08. The lowest BCUT2D eigenvalue weighted by atomic mass is 10.1. The topological polar surface area (TPSA) is 3.24 Å². The molecule has 22 heavy (non-hydrogen) atoms. The monoisotopic (exact) mass is 303 g/mol. The van der Waals surface area contributed by atoms with Crippen molar-refractivity contribution in [1.82, 2.24) is 0 Å². The van der Waals surface area contributed by atoms with Gasteiger partial charge in [-0.05, 0) is 43.0 Å². The van der Waals surface area contributed by atoms with E-state index in [-0.39, 0.29) is 4.75 Å². The third kappa shape index (κ3) is 1.67. The molecule has 2 aromatic rings. The van der Waals surface area contributed by atoms with Gasteiger partial charge in [0.2, 0.25) is 0 Å². The minimum Gasteiger partial charge on any atom is -0.312 e. The van der Waals surface area contributed by atoms with Crippen LogP contribution < -0.4 is 4.90 Å². The van der Waals surface area contributed by atoms with E-state index in [1.807, 2.05) is 0 Å². The predicted molar refractivity (Wildman–Crippen MR) is 93.6 cm³/mol. The van der Waals surface area contributed by atoms with E-state index in [4.69, 9.17) is 0 Å². The zero-order valence-corrected chi connectivity index (χ0v) is 13.1. The molecule has 2 aliphatic carbocycles. The molecule has 2 aromatic carbocycles. The summed E-state index contributed by atoms with van der Waals surface area (Å²) in [6, 6.07) is 19.6. The van der Waals surface area contributed by atoms with Gasteiger partial charge in [0.05, 0.1) is 10.4 Å². The van der Waals surface area contributed by atoms with Crippen molar-refractivity contribution in [3.63, 3.8) is 0 Å². The Balaban J connectivity index is 1.75. The number of fused-ring (bicyclic) bond motifs is 1. The van der Waals surface area contributed by atoms with Crippen molar-refractivity contribution in [2.45, 2.75) is 22.5 Å². The van der Waals surface area contributed by atoms with Crippen molar-refractivity contribution < 1.29 is 0 Å². The van der Waals surface area contributed by atoms with Gasteiger partial charge in [-0.3, -0.25) is 0 Å². The molecule has 0 amide bonds. The molecular formula is C20H17NS. The van der Waals surface area contributed by atoms with Gasteiger partial charge in [0, 0.05) is 16.3 Å². The Morgan fingerprint density at radius 1 is 1.00 bits per heavy atom. The molecule has 108 valence electrons. The van der Waals surface area contributed by atoms with Crippen LogP contribution in [0.25, 0.3) is 0 Å². The van der Waals surface area contributed by atoms with Crippen molar-refractivity contribution in [2.75, 3.05) is 4.90 Å². The predicted octanol–water partition coefficient (Wildman–Crippen LogP) is 5.53. The second-order valence-electron chi connectivity index (χ2n) is 6.19. The normalized spacial score (nSPS) is 28.1. The quantitative estimate of drug-likeness (QED) is 0.637. The molecule has 1 saturated carbocycles. The van der Waals surface area contributed by atoms with Gasteiger partial charge >= 0.3 is 0 Å². The SMILES string of the molecule is C1=CC2CC23Sc2ccccc2N(c2ccccc2)C3=CC1. The molecule has 0 N–H and O–H groups in total. The Morgan fingerprint density at radius 2 is 1.82 bits per heavy atom. The van der Waals surface area contributed by atoms with Crippen molar-refractivity contribution >= 4 is 23.1 Å². The lowest BCUT2D eigenvalue weighted by Crippen LogP contribution is -2.30. The fourth-order valence-electron chi connectivity index (χ4n) is 3.74. The number of benzene rings is 2. The van der Waals surface area contributed by atoms with Gasteiger partial charge in [0.25, 0.3) is 0 Å². The number of hydrogen-bond acceptors (Lipinski definition) is 2. The van der Waals surface area contributed by atoms with Gasteiger partial charge in [-0.15, -0.1) is 11.8 Å². The molecular weight excluding hydrogens is 286 g/mol. The Hall–Kier alpha value is -1.93. The molecule has 3 aliphatic rings. The molecule has 0 aromatic heterocycles. The Kier molecular flexibility index (Phi) is 2.59. The summed E-state index contributed by atoms with van der Waals surface area (Å²) in [5, 5.41) is 0. The lowest BCUT2D eigenvalue weighted by Gasteiger charge is -2.39. The number of hydrogen-bond donors (Lipinski definition) is 0. The van der Waals surface area contributed by atoms with Crippen LogP contribution in [0.15, 0.2) is 83.4 Å². The minimum absolute atomic E-state index is 0.261. The number of allylic oxidation sites excluding steroid dienone is 3. The average molecular weight is 303 g/mol. The van der Waals surface area contributed by atoms with E-state index < -0.39 is 0 Å². The molecule has 1 heterocycles. The first kappa shape index (κ1) is 12.6. The van der Waals surface area contributed by atoms with Crippen LogP contribution in [0.5, 0.6) is 0 Å². The highest BCUT2D eigenvalue weighted by Gasteiger charge is 2.60. The first-order valence-electron chi connectivity index (χ1n) is 7.89. The van der Waals surface area contributed by atoms with Crippen LogP contribution in [0, 0.1) is 5.92 Å². The van der Waals surface area contributed by atoms with Gasteiger partial charge in [0.15, 0.2) is 0 Å². The van der Waals surface area contributed by atoms with E-state index in [1.54, 1.807) is 0 Å². The van der Waals surface area contributed by atoms with Gasteiger partial charge in [-0.2, -0.15) is 0 Å². The number of anilines is 2. The maximum Gasteiger partial charge on any atom is 0.0677 e. The van der Waals surface area contributed by atoms with E-state index in [0.717, 1.165) is 6.42 Å². The van der Waals surface area contributed by atoms with Gasteiger partial charge in [0.1, 0.15) is 0 Å². The maximum absolute atomic E-state index is 2.48. The first-order valence-corrected chi connectivity index (χ1v) is 8.71. The molecule has 0 bridgehead atoms. The summed E-state index contributed by atoms with van der Waals surface area (Å²) in [7, 11) is 0. The van der Waals surface area contributed by atoms with Crippen LogP contribution in [0.2, 0.25) is 0 Å². The van der Waals surface area contributed by atoms with Gasteiger partial charge in [-0.1, -0.05) is 48.6 Å². The van der Waals surface area contributed by atoms with E-state index in [0.29, 0.717) is 5.92 Å². The van der Waals surface area contributed by atoms with Crippen LogP contribution >= 0.6 is 11.8 Å². The molecule has 2 unspecified atom stereocenters. The smallest absolute Gasteiger partial charge is 0.0677 e. The molecule has 1 fully saturated rings. The van der Waals surface area contributed by atoms with Crippen LogP contribution in [-0.2, 0) is 0 Å². The summed E-state index contributed by atoms with van der Waals surface area (Å²) in [5.74, 6) is 0.686. The summed E-state index contributed by atoms with van der Waals surface area (Å²) >= 11 is 2.07. The third-order valence-electron chi connectivity index (χ3n) is 4.86. The standard InChI is InChI=1S/C20H17NS/c1-2-9-16(10-3-1)21-17-11-5-6-12-18(17)22-20-14-15(20)8-4-7-13-19(20)21/h1-6,8-13,15H,7,14H2. The minimum atomic E-state index is 0.261. The third-order valence-corrected chi connectivity index (χ3v) is 6.47. The number of rotatable bonds is 1. The van der Waals surface area contributed by atoms with E-state index in [2.05, 4.69) is 89.5 Å². The number of thioether (sulfide) groups is 1. The molecule has 1 nitrogen and oxygen atoms in total. The molecule has 0 saturated heterocycles. The number of nitrogens with zero attached hydrogens (tertiary/aromatic N) is 1. The van der Waals surface area contributed by atoms with E-state index >= 15 is 0 Å². The number of para-hydroxylation sites is 2. The zero-order valence-electron chi connectivity index (χ0n) is 12.3. The van der Waals surface area contributed by atoms with E-state index in [1.165, 1.54) is 28.4 Å². The van der Waals surface area contributed by atoms with Gasteiger partial charge in [-0.25, -0.2) is 0 Å². The van der Waals surface area contributed by atoms with E-state index in [9.17, 15) is 0 Å². The summed E-state index contributed by atoms with van der Waals surface area (Å²) < 4.78 is 0.261.